The molecule has 1 amide bonds. The summed E-state index contributed by atoms with van der Waals surface area (Å²) in [5, 5.41) is 2.76. The molecule has 6 nitrogen and oxygen atoms in total. The van der Waals surface area contributed by atoms with Gasteiger partial charge in [0.25, 0.3) is 5.95 Å². The van der Waals surface area contributed by atoms with Gasteiger partial charge in [-0.3, -0.25) is 9.59 Å². The van der Waals surface area contributed by atoms with Crippen LogP contribution in [-0.2, 0) is 9.53 Å². The lowest BCUT2D eigenvalue weighted by Gasteiger charge is -2.13. The van der Waals surface area contributed by atoms with Gasteiger partial charge in [-0.2, -0.15) is 0 Å². The Balaban J connectivity index is 1.75. The number of ether oxygens (including phenoxy) is 2. The third kappa shape index (κ3) is 4.89. The highest BCUT2D eigenvalue weighted by atomic mass is 16.6. The van der Waals surface area contributed by atoms with E-state index < -0.39 is 0 Å². The predicted octanol–water partition coefficient (Wildman–Crippen LogP) is 4.71. The van der Waals surface area contributed by atoms with Crippen LogP contribution in [0, 0.1) is 13.8 Å². The maximum absolute atomic E-state index is 12.4. The molecule has 0 aliphatic carbocycles. The zero-order valence-corrected chi connectivity index (χ0v) is 18.0. The smallest absolute Gasteiger partial charge is 0.291 e. The molecule has 2 aromatic rings. The van der Waals surface area contributed by atoms with Gasteiger partial charge in [-0.15, -0.1) is 0 Å². The van der Waals surface area contributed by atoms with Crippen molar-refractivity contribution in [3.05, 3.63) is 74.2 Å². The molecule has 158 valence electrons. The van der Waals surface area contributed by atoms with E-state index >= 15 is 0 Å². The molecule has 0 bridgehead atoms. The third-order valence-electron chi connectivity index (χ3n) is 5.01. The van der Waals surface area contributed by atoms with Crippen LogP contribution in [0.4, 0.5) is 5.69 Å². The second-order valence-electron chi connectivity index (χ2n) is 7.53. The van der Waals surface area contributed by atoms with Crippen LogP contribution in [-0.4, -0.2) is 19.6 Å². The highest BCUT2D eigenvalue weighted by Gasteiger charge is 2.28. The third-order valence-corrected chi connectivity index (χ3v) is 5.01. The Morgan fingerprint density at radius 3 is 2.50 bits per heavy atom. The average molecular weight is 409 g/mol. The van der Waals surface area contributed by atoms with Crippen LogP contribution in [0.1, 0.15) is 48.8 Å². The van der Waals surface area contributed by atoms with Crippen molar-refractivity contribution in [1.82, 2.24) is 0 Å². The molecule has 0 spiro atoms. The van der Waals surface area contributed by atoms with Gasteiger partial charge in [-0.05, 0) is 44.0 Å². The minimum Gasteiger partial charge on any atom is -0.468 e. The van der Waals surface area contributed by atoms with Crippen molar-refractivity contribution >= 4 is 17.7 Å². The summed E-state index contributed by atoms with van der Waals surface area (Å²) in [6, 6.07) is 7.66. The average Bonchev–Trinajstić information content (AvgIpc) is 3.15. The van der Waals surface area contributed by atoms with Crippen molar-refractivity contribution in [1.29, 1.82) is 0 Å². The molecule has 6 heteroatoms. The Morgan fingerprint density at radius 1 is 1.17 bits per heavy atom. The lowest BCUT2D eigenvalue weighted by molar-refractivity contribution is -0.114. The van der Waals surface area contributed by atoms with Gasteiger partial charge in [0.1, 0.15) is 11.9 Å². The summed E-state index contributed by atoms with van der Waals surface area (Å²) in [7, 11) is 1.49. The fraction of sp³-hybridized carbons (Fsp3) is 0.333. The Morgan fingerprint density at radius 2 is 1.87 bits per heavy atom. The summed E-state index contributed by atoms with van der Waals surface area (Å²) in [5.74, 6) is 0.675. The van der Waals surface area contributed by atoms with Gasteiger partial charge in [0, 0.05) is 24.6 Å². The molecule has 1 aliphatic rings. The standard InChI is InChI=1S/C24H27NO5/c1-14(10-18-6-8-20(9-7-18)25-17(4)26)11-19-12-21(29-13-19)23-15(2)22(27)16(3)24(28-5)30-23/h6-11,21H,12-13H2,1-5H3,(H,25,26). The van der Waals surface area contributed by atoms with Crippen molar-refractivity contribution in [2.45, 2.75) is 40.2 Å². The van der Waals surface area contributed by atoms with Crippen molar-refractivity contribution < 1.29 is 18.7 Å². The number of anilines is 1. The molecule has 2 heterocycles. The zero-order valence-electron chi connectivity index (χ0n) is 18.0. The maximum Gasteiger partial charge on any atom is 0.291 e. The molecule has 3 rings (SSSR count). The molecule has 1 unspecified atom stereocenters. The van der Waals surface area contributed by atoms with Crippen molar-refractivity contribution in [3.63, 3.8) is 0 Å². The number of methoxy groups -OCH3 is 1. The summed E-state index contributed by atoms with van der Waals surface area (Å²) in [4.78, 5) is 23.5. The van der Waals surface area contributed by atoms with Crippen LogP contribution in [0.25, 0.3) is 6.08 Å². The van der Waals surface area contributed by atoms with E-state index in [-0.39, 0.29) is 23.4 Å². The summed E-state index contributed by atoms with van der Waals surface area (Å²) < 4.78 is 16.9. The predicted molar refractivity (Wildman–Crippen MR) is 117 cm³/mol. The van der Waals surface area contributed by atoms with Gasteiger partial charge in [0.15, 0.2) is 5.43 Å². The van der Waals surface area contributed by atoms with E-state index in [0.29, 0.717) is 29.9 Å². The van der Waals surface area contributed by atoms with Crippen LogP contribution in [0.5, 0.6) is 5.95 Å². The van der Waals surface area contributed by atoms with E-state index in [0.717, 1.165) is 22.4 Å². The van der Waals surface area contributed by atoms with Crippen LogP contribution >= 0.6 is 0 Å². The molecule has 1 saturated heterocycles. The van der Waals surface area contributed by atoms with E-state index in [2.05, 4.69) is 17.5 Å². The SMILES string of the molecule is COc1oc(C2CC(=CC(C)=Cc3ccc(NC(C)=O)cc3)CO2)c(C)c(=O)c1C. The van der Waals surface area contributed by atoms with Crippen molar-refractivity contribution in [2.75, 3.05) is 19.0 Å². The fourth-order valence-electron chi connectivity index (χ4n) is 3.57. The largest absolute Gasteiger partial charge is 0.468 e. The Kier molecular flexibility index (Phi) is 6.57. The first-order valence-corrected chi connectivity index (χ1v) is 9.83. The van der Waals surface area contributed by atoms with E-state index in [1.54, 1.807) is 13.8 Å². The minimum absolute atomic E-state index is 0.0760. The maximum atomic E-state index is 12.4. The molecule has 1 fully saturated rings. The number of hydrogen-bond acceptors (Lipinski definition) is 5. The first-order chi connectivity index (χ1) is 14.3. The summed E-state index contributed by atoms with van der Waals surface area (Å²) in [6.07, 6.45) is 4.52. The summed E-state index contributed by atoms with van der Waals surface area (Å²) in [5.41, 5.74) is 4.98. The first-order valence-electron chi connectivity index (χ1n) is 9.83. The van der Waals surface area contributed by atoms with Crippen LogP contribution in [0.3, 0.4) is 0 Å². The lowest BCUT2D eigenvalue weighted by Crippen LogP contribution is -2.15. The first kappa shape index (κ1) is 21.6. The Labute approximate surface area is 176 Å². The van der Waals surface area contributed by atoms with Crippen LogP contribution < -0.4 is 15.5 Å². The topological polar surface area (TPSA) is 77.8 Å². The normalized spacial score (nSPS) is 18.0. The number of carbonyl (C=O) groups excluding carboxylic acids is 1. The molecule has 1 aliphatic heterocycles. The van der Waals surface area contributed by atoms with Gasteiger partial charge in [-0.1, -0.05) is 29.9 Å². The Bertz CT molecular complexity index is 1060. The number of rotatable bonds is 5. The molecule has 1 aromatic heterocycles. The molecule has 1 N–H and O–H groups in total. The van der Waals surface area contributed by atoms with Gasteiger partial charge in [0.05, 0.1) is 19.3 Å². The number of allylic oxidation sites excluding steroid dienone is 2. The zero-order chi connectivity index (χ0) is 21.8. The quantitative estimate of drug-likeness (QED) is 0.773. The van der Waals surface area contributed by atoms with Gasteiger partial charge >= 0.3 is 0 Å². The van der Waals surface area contributed by atoms with Crippen molar-refractivity contribution in [3.8, 4) is 5.95 Å². The summed E-state index contributed by atoms with van der Waals surface area (Å²) >= 11 is 0. The molecule has 1 aromatic carbocycles. The molecule has 0 radical (unpaired) electrons. The molecule has 1 atom stereocenters. The molecule has 0 saturated carbocycles. The van der Waals surface area contributed by atoms with Crippen LogP contribution in [0.15, 0.2) is 50.7 Å². The van der Waals surface area contributed by atoms with E-state index in [9.17, 15) is 9.59 Å². The highest BCUT2D eigenvalue weighted by Crippen LogP contribution is 2.35. The fourth-order valence-corrected chi connectivity index (χ4v) is 3.57. The van der Waals surface area contributed by atoms with Gasteiger partial charge < -0.3 is 19.2 Å². The molecular formula is C24H27NO5. The number of amides is 1. The van der Waals surface area contributed by atoms with Crippen LogP contribution in [0.2, 0.25) is 0 Å². The van der Waals surface area contributed by atoms with Gasteiger partial charge in [0.2, 0.25) is 5.91 Å². The second kappa shape index (κ2) is 9.13. The highest BCUT2D eigenvalue weighted by molar-refractivity contribution is 5.88. The number of carbonyl (C=O) groups is 1. The minimum atomic E-state index is -0.303. The summed E-state index contributed by atoms with van der Waals surface area (Å²) in [6.45, 7) is 7.45. The van der Waals surface area contributed by atoms with E-state index in [4.69, 9.17) is 13.9 Å². The number of nitrogens with one attached hydrogen (secondary N) is 1. The molecular weight excluding hydrogens is 382 g/mol. The van der Waals surface area contributed by atoms with Crippen molar-refractivity contribution in [2.24, 2.45) is 0 Å². The monoisotopic (exact) mass is 409 g/mol. The Hall–Kier alpha value is -3.12. The number of benzene rings is 1. The lowest BCUT2D eigenvalue weighted by atomic mass is 10.0. The van der Waals surface area contributed by atoms with E-state index in [1.807, 2.05) is 31.2 Å². The van der Waals surface area contributed by atoms with Gasteiger partial charge in [-0.25, -0.2) is 0 Å². The second-order valence-corrected chi connectivity index (χ2v) is 7.53. The van der Waals surface area contributed by atoms with E-state index in [1.165, 1.54) is 14.0 Å². The molecule has 30 heavy (non-hydrogen) atoms. The number of hydrogen-bond donors (Lipinski definition) is 1.